The zero-order chi connectivity index (χ0) is 19.2. The Morgan fingerprint density at radius 3 is 2.58 bits per heavy atom. The maximum atomic E-state index is 12.4. The molecule has 1 saturated heterocycles. The second kappa shape index (κ2) is 6.30. The van der Waals surface area contributed by atoms with Crippen LogP contribution >= 0.6 is 0 Å². The van der Waals surface area contributed by atoms with Crippen LogP contribution in [0, 0.1) is 6.92 Å². The fraction of sp³-hybridized carbons (Fsp3) is 0.647. The summed E-state index contributed by atoms with van der Waals surface area (Å²) in [6.07, 6.45) is -0.283. The average molecular weight is 361 g/mol. The lowest BCUT2D eigenvalue weighted by atomic mass is 10.1. The van der Waals surface area contributed by atoms with Gasteiger partial charge < -0.3 is 20.3 Å². The molecule has 3 heterocycles. The van der Waals surface area contributed by atoms with E-state index < -0.39 is 5.60 Å². The average Bonchev–Trinajstić information content (AvgIpc) is 2.79. The molecule has 1 atom stereocenters. The van der Waals surface area contributed by atoms with Gasteiger partial charge in [0.2, 0.25) is 5.95 Å². The van der Waals surface area contributed by atoms with E-state index in [1.54, 1.807) is 9.58 Å². The molecule has 0 aliphatic carbocycles. The van der Waals surface area contributed by atoms with E-state index in [0.29, 0.717) is 25.3 Å². The van der Waals surface area contributed by atoms with Crippen LogP contribution in [-0.4, -0.2) is 62.0 Å². The molecule has 9 heteroatoms. The molecule has 1 amide bonds. The monoisotopic (exact) mass is 361 g/mol. The molecule has 9 nitrogen and oxygen atoms in total. The van der Waals surface area contributed by atoms with Gasteiger partial charge in [-0.15, -0.1) is 0 Å². The summed E-state index contributed by atoms with van der Waals surface area (Å²) in [7, 11) is 1.84. The van der Waals surface area contributed by atoms with Crippen molar-refractivity contribution in [3.8, 4) is 0 Å². The molecule has 2 N–H and O–H groups in total. The number of piperazine rings is 1. The van der Waals surface area contributed by atoms with Crippen molar-refractivity contribution >= 4 is 28.9 Å². The van der Waals surface area contributed by atoms with Gasteiger partial charge in [0.1, 0.15) is 11.4 Å². The number of hydrogen-bond donors (Lipinski definition) is 1. The minimum Gasteiger partial charge on any atom is -0.444 e. The Labute approximate surface area is 153 Å². The molecular formula is C17H27N7O2. The van der Waals surface area contributed by atoms with Gasteiger partial charge in [-0.2, -0.15) is 15.1 Å². The molecular weight excluding hydrogens is 334 g/mol. The molecule has 1 aliphatic heterocycles. The first-order valence-corrected chi connectivity index (χ1v) is 8.78. The number of nitrogen functional groups attached to an aromatic ring is 1. The van der Waals surface area contributed by atoms with E-state index in [9.17, 15) is 4.79 Å². The van der Waals surface area contributed by atoms with E-state index >= 15 is 0 Å². The Bertz CT molecular complexity index is 840. The summed E-state index contributed by atoms with van der Waals surface area (Å²) in [6, 6.07) is 0.0633. The molecule has 1 aliphatic rings. The van der Waals surface area contributed by atoms with Crippen LogP contribution in [0.3, 0.4) is 0 Å². The number of anilines is 2. The Morgan fingerprint density at radius 1 is 1.27 bits per heavy atom. The third-order valence-corrected chi connectivity index (χ3v) is 4.41. The number of fused-ring (bicyclic) bond motifs is 1. The van der Waals surface area contributed by atoms with Crippen LogP contribution in [0.2, 0.25) is 0 Å². The van der Waals surface area contributed by atoms with Crippen molar-refractivity contribution in [3.05, 3.63) is 5.69 Å². The first kappa shape index (κ1) is 18.2. The number of carbonyl (C=O) groups excluding carboxylic acids is 1. The first-order chi connectivity index (χ1) is 12.1. The van der Waals surface area contributed by atoms with E-state index in [4.69, 9.17) is 10.5 Å². The van der Waals surface area contributed by atoms with Gasteiger partial charge >= 0.3 is 6.09 Å². The van der Waals surface area contributed by atoms with Crippen LogP contribution in [-0.2, 0) is 11.8 Å². The number of aromatic nitrogens is 4. The minimum atomic E-state index is -0.502. The van der Waals surface area contributed by atoms with Gasteiger partial charge in [0, 0.05) is 32.7 Å². The Kier molecular flexibility index (Phi) is 4.41. The van der Waals surface area contributed by atoms with E-state index in [2.05, 4.69) is 26.9 Å². The lowest BCUT2D eigenvalue weighted by molar-refractivity contribution is 0.0218. The second-order valence-corrected chi connectivity index (χ2v) is 7.78. The minimum absolute atomic E-state index is 0.0633. The summed E-state index contributed by atoms with van der Waals surface area (Å²) in [6.45, 7) is 11.4. The molecule has 142 valence electrons. The number of carbonyl (C=O) groups is 1. The van der Waals surface area contributed by atoms with Crippen LogP contribution < -0.4 is 10.6 Å². The maximum Gasteiger partial charge on any atom is 0.410 e. The first-order valence-electron chi connectivity index (χ1n) is 8.78. The third kappa shape index (κ3) is 3.38. The predicted octanol–water partition coefficient (Wildman–Crippen LogP) is 1.70. The highest BCUT2D eigenvalue weighted by molar-refractivity contribution is 5.91. The predicted molar refractivity (Wildman–Crippen MR) is 100 cm³/mol. The number of nitrogens with two attached hydrogens (primary N) is 1. The van der Waals surface area contributed by atoms with Gasteiger partial charge in [-0.1, -0.05) is 0 Å². The van der Waals surface area contributed by atoms with Crippen LogP contribution in [0.15, 0.2) is 0 Å². The van der Waals surface area contributed by atoms with Crippen molar-refractivity contribution in [2.45, 2.75) is 46.3 Å². The number of ether oxygens (including phenoxy) is 1. The topological polar surface area (TPSA) is 102 Å². The third-order valence-electron chi connectivity index (χ3n) is 4.41. The van der Waals surface area contributed by atoms with Crippen molar-refractivity contribution in [3.63, 3.8) is 0 Å². The van der Waals surface area contributed by atoms with E-state index in [-0.39, 0.29) is 18.1 Å². The molecule has 0 saturated carbocycles. The van der Waals surface area contributed by atoms with Gasteiger partial charge in [-0.05, 0) is 34.6 Å². The van der Waals surface area contributed by atoms with Crippen molar-refractivity contribution in [1.82, 2.24) is 24.6 Å². The molecule has 0 radical (unpaired) electrons. The summed E-state index contributed by atoms with van der Waals surface area (Å²) in [5, 5.41) is 5.34. The lowest BCUT2D eigenvalue weighted by Crippen LogP contribution is -2.55. The van der Waals surface area contributed by atoms with Crippen LogP contribution in [0.1, 0.15) is 33.4 Å². The fourth-order valence-electron chi connectivity index (χ4n) is 3.31. The zero-order valence-electron chi connectivity index (χ0n) is 16.3. The van der Waals surface area contributed by atoms with Gasteiger partial charge in [0.15, 0.2) is 5.65 Å². The number of nitrogens with zero attached hydrogens (tertiary/aromatic N) is 6. The smallest absolute Gasteiger partial charge is 0.410 e. The summed E-state index contributed by atoms with van der Waals surface area (Å²) >= 11 is 0. The molecule has 3 rings (SSSR count). The summed E-state index contributed by atoms with van der Waals surface area (Å²) < 4.78 is 7.20. The van der Waals surface area contributed by atoms with Crippen molar-refractivity contribution in [1.29, 1.82) is 0 Å². The van der Waals surface area contributed by atoms with Gasteiger partial charge in [0.05, 0.1) is 11.1 Å². The molecule has 0 aromatic carbocycles. The van der Waals surface area contributed by atoms with Gasteiger partial charge in [-0.25, -0.2) is 9.48 Å². The van der Waals surface area contributed by atoms with E-state index in [1.165, 1.54) is 0 Å². The highest BCUT2D eigenvalue weighted by Gasteiger charge is 2.32. The molecule has 2 aromatic heterocycles. The van der Waals surface area contributed by atoms with E-state index in [1.807, 2.05) is 34.7 Å². The van der Waals surface area contributed by atoms with Gasteiger partial charge in [0.25, 0.3) is 0 Å². The largest absolute Gasteiger partial charge is 0.444 e. The fourth-order valence-corrected chi connectivity index (χ4v) is 3.31. The second-order valence-electron chi connectivity index (χ2n) is 7.78. The summed E-state index contributed by atoms with van der Waals surface area (Å²) in [4.78, 5) is 25.1. The van der Waals surface area contributed by atoms with Crippen LogP contribution in [0.5, 0.6) is 0 Å². The van der Waals surface area contributed by atoms with Crippen molar-refractivity contribution < 1.29 is 9.53 Å². The summed E-state index contributed by atoms with van der Waals surface area (Å²) in [5.74, 6) is 0.992. The number of amides is 1. The SMILES string of the molecule is Cc1nn(C)c2nc(N)nc(N3CCN(C(=O)OC(C)(C)C)CC3C)c12. The molecule has 2 aromatic rings. The van der Waals surface area contributed by atoms with Crippen LogP contribution in [0.4, 0.5) is 16.6 Å². The lowest BCUT2D eigenvalue weighted by Gasteiger charge is -2.41. The molecule has 0 spiro atoms. The molecule has 26 heavy (non-hydrogen) atoms. The van der Waals surface area contributed by atoms with Crippen LogP contribution in [0.25, 0.3) is 11.0 Å². The highest BCUT2D eigenvalue weighted by Crippen LogP contribution is 2.30. The molecule has 1 fully saturated rings. The van der Waals surface area contributed by atoms with Crippen molar-refractivity contribution in [2.75, 3.05) is 30.3 Å². The Hall–Kier alpha value is -2.58. The van der Waals surface area contributed by atoms with Crippen molar-refractivity contribution in [2.24, 2.45) is 7.05 Å². The highest BCUT2D eigenvalue weighted by atomic mass is 16.6. The normalized spacial score (nSPS) is 18.5. The maximum absolute atomic E-state index is 12.4. The Balaban J connectivity index is 1.87. The Morgan fingerprint density at radius 2 is 1.96 bits per heavy atom. The number of hydrogen-bond acceptors (Lipinski definition) is 7. The number of aryl methyl sites for hydroxylation is 2. The zero-order valence-corrected chi connectivity index (χ0v) is 16.3. The number of rotatable bonds is 1. The van der Waals surface area contributed by atoms with Gasteiger partial charge in [-0.3, -0.25) is 0 Å². The van der Waals surface area contributed by atoms with E-state index in [0.717, 1.165) is 16.9 Å². The quantitative estimate of drug-likeness (QED) is 0.824. The molecule has 0 bridgehead atoms. The summed E-state index contributed by atoms with van der Waals surface area (Å²) in [5.41, 5.74) is 7.00. The molecule has 1 unspecified atom stereocenters. The standard InChI is InChI=1S/C17H27N7O2/c1-10-9-23(16(25)26-17(3,4)5)7-8-24(10)14-12-11(2)21-22(6)13(12)19-15(18)20-14/h10H,7-9H2,1-6H3,(H2,18,19,20).